The molecule has 0 heterocycles. The van der Waals surface area contributed by atoms with Gasteiger partial charge in [-0.1, -0.05) is 15.9 Å². The van der Waals surface area contributed by atoms with Crippen LogP contribution in [-0.2, 0) is 9.47 Å². The number of methoxy groups -OCH3 is 1. The lowest BCUT2D eigenvalue weighted by molar-refractivity contribution is -0.0314. The molecule has 0 fully saturated rings. The van der Waals surface area contributed by atoms with Crippen LogP contribution in [0.4, 0.5) is 10.5 Å². The number of nitrogens with one attached hydrogen (secondary N) is 1. The number of hydrogen-bond acceptors (Lipinski definition) is 6. The highest BCUT2D eigenvalue weighted by Gasteiger charge is 2.29. The van der Waals surface area contributed by atoms with E-state index in [4.69, 9.17) is 9.47 Å². The number of aromatic hydroxyl groups is 1. The zero-order chi connectivity index (χ0) is 19.8. The van der Waals surface area contributed by atoms with E-state index < -0.39 is 18.3 Å². The highest BCUT2D eigenvalue weighted by Crippen LogP contribution is 2.34. The zero-order valence-corrected chi connectivity index (χ0v) is 17.4. The Hall–Kier alpha value is -1.74. The predicted octanol–water partition coefficient (Wildman–Crippen LogP) is 4.56. The molecule has 0 aliphatic heterocycles. The second-order valence-electron chi connectivity index (χ2n) is 5.67. The fourth-order valence-corrected chi connectivity index (χ4v) is 3.34. The first-order chi connectivity index (χ1) is 13.0. The number of rotatable bonds is 8. The highest BCUT2D eigenvalue weighted by atomic mass is 79.9. The molecule has 2 aromatic rings. The smallest absolute Gasteiger partial charge is 0.412 e. The first kappa shape index (κ1) is 21.6. The molecule has 0 unspecified atom stereocenters. The van der Waals surface area contributed by atoms with Crippen molar-refractivity contribution in [3.8, 4) is 5.75 Å². The van der Waals surface area contributed by atoms with Gasteiger partial charge in [0.25, 0.3) is 0 Å². The molecule has 1 amide bonds. The SMILES string of the molecule is CO[C@H](CCO)[C@H](OC(=O)Nc1ccc(SC)cc1)c1cc(Br)ccc1O. The van der Waals surface area contributed by atoms with Crippen molar-refractivity contribution in [2.24, 2.45) is 0 Å². The third-order valence-electron chi connectivity index (χ3n) is 3.92. The second kappa shape index (κ2) is 10.6. The van der Waals surface area contributed by atoms with Gasteiger partial charge in [0.15, 0.2) is 6.10 Å². The van der Waals surface area contributed by atoms with Crippen LogP contribution in [0, 0.1) is 0 Å². The van der Waals surface area contributed by atoms with Gasteiger partial charge >= 0.3 is 6.09 Å². The molecule has 0 saturated heterocycles. The van der Waals surface area contributed by atoms with Crippen LogP contribution in [0.3, 0.4) is 0 Å². The van der Waals surface area contributed by atoms with Crippen LogP contribution in [0.15, 0.2) is 51.8 Å². The summed E-state index contributed by atoms with van der Waals surface area (Å²) in [5.41, 5.74) is 0.976. The Morgan fingerprint density at radius 1 is 1.26 bits per heavy atom. The van der Waals surface area contributed by atoms with Crippen LogP contribution < -0.4 is 5.32 Å². The predicted molar refractivity (Wildman–Crippen MR) is 109 cm³/mol. The maximum absolute atomic E-state index is 12.4. The van der Waals surface area contributed by atoms with Crippen molar-refractivity contribution >= 4 is 39.5 Å². The van der Waals surface area contributed by atoms with Crippen LogP contribution in [-0.4, -0.2) is 42.4 Å². The van der Waals surface area contributed by atoms with Crippen LogP contribution in [0.5, 0.6) is 5.75 Å². The van der Waals surface area contributed by atoms with Crippen molar-refractivity contribution < 1.29 is 24.5 Å². The van der Waals surface area contributed by atoms with Gasteiger partial charge in [0.05, 0.1) is 0 Å². The number of carbonyl (C=O) groups excluding carboxylic acids is 1. The van der Waals surface area contributed by atoms with E-state index in [2.05, 4.69) is 21.2 Å². The Balaban J connectivity index is 2.21. The molecular formula is C19H22BrNO5S. The molecule has 0 bridgehead atoms. The first-order valence-corrected chi connectivity index (χ1v) is 10.2. The van der Waals surface area contributed by atoms with Crippen molar-refractivity contribution in [2.75, 3.05) is 25.3 Å². The Morgan fingerprint density at radius 3 is 2.56 bits per heavy atom. The number of hydrogen-bond donors (Lipinski definition) is 3. The van der Waals surface area contributed by atoms with E-state index in [-0.39, 0.29) is 18.8 Å². The average Bonchev–Trinajstić information content (AvgIpc) is 2.67. The molecule has 3 N–H and O–H groups in total. The summed E-state index contributed by atoms with van der Waals surface area (Å²) in [6.45, 7) is -0.148. The lowest BCUT2D eigenvalue weighted by Crippen LogP contribution is -2.29. The number of benzene rings is 2. The minimum atomic E-state index is -0.898. The third-order valence-corrected chi connectivity index (χ3v) is 5.16. The number of halogens is 1. The van der Waals surface area contributed by atoms with E-state index in [0.717, 1.165) is 9.37 Å². The van der Waals surface area contributed by atoms with Crippen molar-refractivity contribution in [3.05, 3.63) is 52.5 Å². The van der Waals surface area contributed by atoms with E-state index in [1.54, 1.807) is 36.0 Å². The lowest BCUT2D eigenvalue weighted by atomic mass is 10.0. The molecule has 0 aliphatic carbocycles. The molecule has 0 radical (unpaired) electrons. The number of anilines is 1. The summed E-state index contributed by atoms with van der Waals surface area (Å²) < 4.78 is 11.7. The number of aliphatic hydroxyl groups is 1. The Labute approximate surface area is 171 Å². The summed E-state index contributed by atoms with van der Waals surface area (Å²) in [7, 11) is 1.46. The molecule has 0 saturated carbocycles. The number of amides is 1. The number of carbonyl (C=O) groups is 1. The maximum atomic E-state index is 12.4. The van der Waals surface area contributed by atoms with Gasteiger partial charge in [0.1, 0.15) is 11.9 Å². The Kier molecular flexibility index (Phi) is 8.43. The van der Waals surface area contributed by atoms with Gasteiger partial charge in [-0.25, -0.2) is 4.79 Å². The van der Waals surface area contributed by atoms with Crippen LogP contribution in [0.25, 0.3) is 0 Å². The summed E-state index contributed by atoms with van der Waals surface area (Å²) in [6.07, 6.45) is 0.00174. The van der Waals surface area contributed by atoms with Crippen LogP contribution in [0.2, 0.25) is 0 Å². The van der Waals surface area contributed by atoms with Gasteiger partial charge in [-0.05, 0) is 48.7 Å². The summed E-state index contributed by atoms with van der Waals surface area (Å²) in [5.74, 6) is -0.0275. The van der Waals surface area contributed by atoms with Crippen molar-refractivity contribution in [1.82, 2.24) is 0 Å². The molecule has 6 nitrogen and oxygen atoms in total. The Morgan fingerprint density at radius 2 is 1.96 bits per heavy atom. The van der Waals surface area contributed by atoms with Gasteiger partial charge in [-0.15, -0.1) is 11.8 Å². The molecule has 146 valence electrons. The minimum Gasteiger partial charge on any atom is -0.508 e. The van der Waals surface area contributed by atoms with Crippen molar-refractivity contribution in [3.63, 3.8) is 0 Å². The quantitative estimate of drug-likeness (QED) is 0.505. The normalized spacial score (nSPS) is 13.0. The lowest BCUT2D eigenvalue weighted by Gasteiger charge is -2.26. The number of aliphatic hydroxyl groups excluding tert-OH is 1. The van der Waals surface area contributed by atoms with E-state index in [9.17, 15) is 15.0 Å². The second-order valence-corrected chi connectivity index (χ2v) is 7.46. The van der Waals surface area contributed by atoms with Gasteiger partial charge in [-0.2, -0.15) is 0 Å². The van der Waals surface area contributed by atoms with E-state index in [0.29, 0.717) is 11.3 Å². The van der Waals surface area contributed by atoms with Crippen molar-refractivity contribution in [1.29, 1.82) is 0 Å². The fraction of sp³-hybridized carbons (Fsp3) is 0.316. The van der Waals surface area contributed by atoms with Gasteiger partial charge in [0.2, 0.25) is 0 Å². The number of phenolic OH excluding ortho intramolecular Hbond substituents is 1. The zero-order valence-electron chi connectivity index (χ0n) is 15.0. The molecule has 0 spiro atoms. The van der Waals surface area contributed by atoms with E-state index in [1.807, 2.05) is 18.4 Å². The van der Waals surface area contributed by atoms with Gasteiger partial charge in [0, 0.05) is 40.8 Å². The molecule has 8 heteroatoms. The topological polar surface area (TPSA) is 88.0 Å². The summed E-state index contributed by atoms with van der Waals surface area (Å²) in [5, 5.41) is 22.2. The highest BCUT2D eigenvalue weighted by molar-refractivity contribution is 9.10. The molecule has 2 atom stereocenters. The van der Waals surface area contributed by atoms with E-state index >= 15 is 0 Å². The largest absolute Gasteiger partial charge is 0.508 e. The average molecular weight is 456 g/mol. The monoisotopic (exact) mass is 455 g/mol. The molecular weight excluding hydrogens is 434 g/mol. The fourth-order valence-electron chi connectivity index (χ4n) is 2.55. The molecule has 2 rings (SSSR count). The number of thioether (sulfide) groups is 1. The summed E-state index contributed by atoms with van der Waals surface area (Å²) in [4.78, 5) is 13.5. The first-order valence-electron chi connectivity index (χ1n) is 8.22. The third kappa shape index (κ3) is 6.14. The molecule has 2 aromatic carbocycles. The van der Waals surface area contributed by atoms with Crippen LogP contribution >= 0.6 is 27.7 Å². The van der Waals surface area contributed by atoms with Gasteiger partial charge < -0.3 is 19.7 Å². The van der Waals surface area contributed by atoms with E-state index in [1.165, 1.54) is 13.2 Å². The number of phenols is 1. The maximum Gasteiger partial charge on any atom is 0.412 e. The van der Waals surface area contributed by atoms with Crippen LogP contribution in [0.1, 0.15) is 18.1 Å². The summed E-state index contributed by atoms with van der Waals surface area (Å²) >= 11 is 4.95. The standard InChI is InChI=1S/C19H22BrNO5S/c1-25-17(9-10-22)18(15-11-12(20)3-8-16(15)23)26-19(24)21-13-4-6-14(27-2)7-5-13/h3-8,11,17-18,22-23H,9-10H2,1-2H3,(H,21,24)/t17-,18-/m1/s1. The summed E-state index contributed by atoms with van der Waals surface area (Å²) in [6, 6.07) is 12.2. The number of ether oxygens (including phenoxy) is 2. The minimum absolute atomic E-state index is 0.0275. The molecule has 27 heavy (non-hydrogen) atoms. The Bertz CT molecular complexity index is 756. The van der Waals surface area contributed by atoms with Crippen molar-refractivity contribution in [2.45, 2.75) is 23.5 Å². The molecule has 0 aromatic heterocycles. The van der Waals surface area contributed by atoms with Gasteiger partial charge in [-0.3, -0.25) is 5.32 Å². The molecule has 0 aliphatic rings.